The van der Waals surface area contributed by atoms with E-state index in [-0.39, 0.29) is 53.1 Å². The van der Waals surface area contributed by atoms with Gasteiger partial charge in [0.05, 0.1) is 37.7 Å². The molecule has 368 valence electrons. The van der Waals surface area contributed by atoms with Crippen LogP contribution in [-0.2, 0) is 42.8 Å². The van der Waals surface area contributed by atoms with E-state index in [2.05, 4.69) is 133 Å². The van der Waals surface area contributed by atoms with Crippen molar-refractivity contribution in [2.75, 3.05) is 52.7 Å². The number of thioether (sulfide) groups is 1. The average Bonchev–Trinajstić information content (AvgIpc) is 3.39. The van der Waals surface area contributed by atoms with Crippen LogP contribution in [0.3, 0.4) is 0 Å². The van der Waals surface area contributed by atoms with Gasteiger partial charge >= 0.3 is 11.9 Å². The molecule has 70 heavy (non-hydrogen) atoms. The van der Waals surface area contributed by atoms with Gasteiger partial charge < -0.3 is 24.3 Å². The number of isocyanates is 1. The van der Waals surface area contributed by atoms with E-state index in [9.17, 15) is 19.2 Å². The molecule has 0 aliphatic carbocycles. The molecule has 0 aromatic heterocycles. The number of esters is 2. The largest absolute Gasteiger partial charge is 0.460 e. The molecule has 0 aliphatic heterocycles. The first-order valence-electron chi connectivity index (χ1n) is 21.9. The molecule has 0 spiro atoms. The molecule has 0 aliphatic rings. The fourth-order valence-corrected chi connectivity index (χ4v) is 8.29. The second kappa shape index (κ2) is 32.9. The summed E-state index contributed by atoms with van der Waals surface area (Å²) in [4.78, 5) is 48.3. The Labute approximate surface area is 424 Å². The summed E-state index contributed by atoms with van der Waals surface area (Å²) < 4.78 is 19.0. The normalized spacial score (nSPS) is 10.3. The molecule has 0 saturated carbocycles. The maximum absolute atomic E-state index is 13.1. The molecule has 0 atom stereocenters. The lowest BCUT2D eigenvalue weighted by atomic mass is 9.84. The van der Waals surface area contributed by atoms with Gasteiger partial charge in [-0.25, -0.2) is 19.4 Å². The van der Waals surface area contributed by atoms with E-state index in [0.29, 0.717) is 30.9 Å². The molecule has 6 aromatic carbocycles. The van der Waals surface area contributed by atoms with Gasteiger partial charge in [0.25, 0.3) is 5.24 Å². The monoisotopic (exact) mass is 982 g/mol. The summed E-state index contributed by atoms with van der Waals surface area (Å²) in [5, 5.41) is 2.78. The molecule has 0 radical (unpaired) electrons. The van der Waals surface area contributed by atoms with E-state index in [1.807, 2.05) is 72.8 Å². The van der Waals surface area contributed by atoms with Crippen molar-refractivity contribution in [2.24, 2.45) is 4.99 Å². The molecule has 6 aromatic rings. The van der Waals surface area contributed by atoms with E-state index in [1.54, 1.807) is 13.8 Å². The SMILES string of the molecule is C.C.C=C(C)C(=O)OCCOCCN=C=O.C=C(C)C(=O)OCCOCCNC(=O)SC(c1ccccc1)(c1ccccc1)c1ccccc1.SC(c1ccccc1)(c1ccccc1)c1ccccc1. The van der Waals surface area contributed by atoms with Gasteiger partial charge in [0.15, 0.2) is 0 Å². The van der Waals surface area contributed by atoms with Crippen LogP contribution in [0.2, 0.25) is 0 Å². The van der Waals surface area contributed by atoms with E-state index >= 15 is 0 Å². The molecule has 6 rings (SSSR count). The average molecular weight is 983 g/mol. The Bertz CT molecular complexity index is 2300. The fourth-order valence-electron chi connectivity index (χ4n) is 6.63. The Balaban J connectivity index is 0.000000396. The highest BCUT2D eigenvalue weighted by molar-refractivity contribution is 8.14. The van der Waals surface area contributed by atoms with Crippen molar-refractivity contribution >= 4 is 47.6 Å². The van der Waals surface area contributed by atoms with Gasteiger partial charge in [-0.3, -0.25) is 4.79 Å². The fraction of sp³-hybridized carbons (Fsp3) is 0.241. The molecule has 0 unspecified atom stereocenters. The molecular formula is C58H66N2O8S2. The van der Waals surface area contributed by atoms with E-state index in [0.717, 1.165) is 16.7 Å². The van der Waals surface area contributed by atoms with Crippen LogP contribution in [0.15, 0.2) is 211 Å². The summed E-state index contributed by atoms with van der Waals surface area (Å²) in [5.41, 5.74) is 7.30. The first-order chi connectivity index (χ1) is 33.0. The number of hydrogen-bond donors (Lipinski definition) is 2. The number of benzene rings is 6. The summed E-state index contributed by atoms with van der Waals surface area (Å²) in [7, 11) is 0. The van der Waals surface area contributed by atoms with E-state index in [1.165, 1.54) is 34.5 Å². The van der Waals surface area contributed by atoms with Crippen LogP contribution in [-0.4, -0.2) is 76.0 Å². The highest BCUT2D eigenvalue weighted by atomic mass is 32.2. The molecule has 0 heterocycles. The number of thiol groups is 1. The van der Waals surface area contributed by atoms with Crippen molar-refractivity contribution in [3.63, 3.8) is 0 Å². The summed E-state index contributed by atoms with van der Waals surface area (Å²) in [5.74, 6) is -0.869. The highest BCUT2D eigenvalue weighted by Crippen LogP contribution is 2.48. The van der Waals surface area contributed by atoms with Gasteiger partial charge in [-0.15, -0.1) is 0 Å². The Hall–Kier alpha value is -6.79. The number of aliphatic imine (C=N–C) groups is 1. The van der Waals surface area contributed by atoms with Crippen molar-refractivity contribution in [1.82, 2.24) is 5.32 Å². The maximum Gasteiger partial charge on any atom is 0.333 e. The molecule has 10 nitrogen and oxygen atoms in total. The summed E-state index contributed by atoms with van der Waals surface area (Å²) in [6.45, 7) is 12.2. The second-order valence-corrected chi connectivity index (χ2v) is 16.8. The number of rotatable bonds is 21. The summed E-state index contributed by atoms with van der Waals surface area (Å²) in [6, 6.07) is 61.4. The van der Waals surface area contributed by atoms with Gasteiger partial charge in [-0.05, 0) is 59.0 Å². The van der Waals surface area contributed by atoms with E-state index < -0.39 is 21.4 Å². The van der Waals surface area contributed by atoms with Crippen molar-refractivity contribution < 1.29 is 38.1 Å². The predicted octanol–water partition coefficient (Wildman–Crippen LogP) is 12.2. The van der Waals surface area contributed by atoms with Gasteiger partial charge in [0, 0.05) is 17.7 Å². The smallest absolute Gasteiger partial charge is 0.333 e. The zero-order chi connectivity index (χ0) is 48.9. The summed E-state index contributed by atoms with van der Waals surface area (Å²) in [6.07, 6.45) is 1.39. The third-order valence-corrected chi connectivity index (χ3v) is 12.0. The standard InChI is InChI=1S/C28H29NO4S.C19H16S.C9H13NO4.2CH4/c1-22(2)26(30)33-21-20-32-19-18-29-27(31)34-28(23-12-6-3-7-13-23,24-14-8-4-9-15-24)25-16-10-5-11-17-25;20-19(16-10-4-1-5-11-16,17-12-6-2-7-13-17)18-14-8-3-9-15-18;1-8(2)9(12)14-6-5-13-4-3-10-7-11;;/h3-17H,1,18-21H2,2H3,(H,29,31);1-15,20H;1,3-6H2,2H3;2*1H4. The zero-order valence-corrected chi connectivity index (χ0v) is 40.2. The maximum atomic E-state index is 13.1. The van der Waals surface area contributed by atoms with Gasteiger partial charge in [0.1, 0.15) is 18.0 Å². The number of carbonyl (C=O) groups is 3. The lowest BCUT2D eigenvalue weighted by Gasteiger charge is -2.34. The Morgan fingerprint density at radius 1 is 0.529 bits per heavy atom. The van der Waals surface area contributed by atoms with Gasteiger partial charge in [-0.2, -0.15) is 12.6 Å². The minimum absolute atomic E-state index is 0. The number of ether oxygens (including phenoxy) is 4. The van der Waals surface area contributed by atoms with Crippen LogP contribution < -0.4 is 5.32 Å². The highest BCUT2D eigenvalue weighted by Gasteiger charge is 2.39. The van der Waals surface area contributed by atoms with Crippen molar-refractivity contribution in [3.8, 4) is 0 Å². The second-order valence-electron chi connectivity index (χ2n) is 14.9. The lowest BCUT2D eigenvalue weighted by molar-refractivity contribution is -0.141. The van der Waals surface area contributed by atoms with Gasteiger partial charge in [0.2, 0.25) is 6.08 Å². The number of nitrogens with one attached hydrogen (secondary N) is 1. The number of hydrogen-bond acceptors (Lipinski definition) is 11. The number of amides is 1. The van der Waals surface area contributed by atoms with Crippen LogP contribution in [0.1, 0.15) is 62.1 Å². The predicted molar refractivity (Wildman–Crippen MR) is 288 cm³/mol. The van der Waals surface area contributed by atoms with Crippen LogP contribution in [0, 0.1) is 0 Å². The first kappa shape index (κ1) is 59.3. The van der Waals surface area contributed by atoms with Gasteiger partial charge in [-0.1, -0.05) is 210 Å². The minimum Gasteiger partial charge on any atom is -0.460 e. The van der Waals surface area contributed by atoms with E-state index in [4.69, 9.17) is 31.6 Å². The number of carbonyl (C=O) groups excluding carboxylic acids is 4. The van der Waals surface area contributed by atoms with Crippen molar-refractivity contribution in [2.45, 2.75) is 38.2 Å². The topological polar surface area (TPSA) is 130 Å². The number of nitrogens with zero attached hydrogens (tertiary/aromatic N) is 1. The van der Waals surface area contributed by atoms with Crippen LogP contribution in [0.25, 0.3) is 0 Å². The van der Waals surface area contributed by atoms with Crippen LogP contribution in [0.4, 0.5) is 4.79 Å². The van der Waals surface area contributed by atoms with Crippen molar-refractivity contribution in [3.05, 3.63) is 240 Å². The molecule has 0 bridgehead atoms. The van der Waals surface area contributed by atoms with Crippen LogP contribution in [0.5, 0.6) is 0 Å². The van der Waals surface area contributed by atoms with Crippen LogP contribution >= 0.6 is 24.4 Å². The Kier molecular flexibility index (Phi) is 27.9. The Morgan fingerprint density at radius 2 is 0.843 bits per heavy atom. The summed E-state index contributed by atoms with van der Waals surface area (Å²) >= 11 is 6.33. The molecule has 0 fully saturated rings. The third-order valence-electron chi connectivity index (χ3n) is 9.91. The molecule has 1 N–H and O–H groups in total. The molecule has 1 amide bonds. The minimum atomic E-state index is -0.717. The molecular weight excluding hydrogens is 917 g/mol. The first-order valence-corrected chi connectivity index (χ1v) is 23.2. The molecule has 12 heteroatoms. The lowest BCUT2D eigenvalue weighted by Crippen LogP contribution is -2.32. The quantitative estimate of drug-likeness (QED) is 0.0138. The van der Waals surface area contributed by atoms with Crippen molar-refractivity contribution in [1.29, 1.82) is 0 Å². The molecule has 0 saturated heterocycles. The zero-order valence-electron chi connectivity index (χ0n) is 38.5. The Morgan fingerprint density at radius 3 is 1.16 bits per heavy atom. The third kappa shape index (κ3) is 18.6.